The third-order valence-electron chi connectivity index (χ3n) is 4.60. The van der Waals surface area contributed by atoms with E-state index in [1.807, 2.05) is 0 Å². The number of hydrogen-bond acceptors (Lipinski definition) is 2. The minimum absolute atomic E-state index is 0.610. The fraction of sp³-hybridized carbons (Fsp3) is 0.800. The number of imidazole rings is 1. The van der Waals surface area contributed by atoms with Crippen LogP contribution in [0.3, 0.4) is 0 Å². The Bertz CT molecular complexity index is 431. The van der Waals surface area contributed by atoms with Crippen LogP contribution in [0.4, 0.5) is 5.82 Å². The monoisotopic (exact) mass is 247 g/mol. The van der Waals surface area contributed by atoms with Gasteiger partial charge in [-0.2, -0.15) is 0 Å². The molecule has 3 rings (SSSR count). The highest BCUT2D eigenvalue weighted by molar-refractivity contribution is 5.42. The third-order valence-corrected chi connectivity index (χ3v) is 4.60. The molecular formula is C15H25N3. The van der Waals surface area contributed by atoms with Crippen LogP contribution in [0.15, 0.2) is 0 Å². The molecule has 2 fully saturated rings. The van der Waals surface area contributed by atoms with Crippen molar-refractivity contribution in [3.8, 4) is 0 Å². The van der Waals surface area contributed by atoms with E-state index in [1.54, 1.807) is 0 Å². The summed E-state index contributed by atoms with van der Waals surface area (Å²) >= 11 is 0. The lowest BCUT2D eigenvalue weighted by atomic mass is 9.81. The Morgan fingerprint density at radius 1 is 1.28 bits per heavy atom. The lowest BCUT2D eigenvalue weighted by Gasteiger charge is -2.25. The van der Waals surface area contributed by atoms with Crippen LogP contribution in [0.1, 0.15) is 75.9 Å². The average Bonchev–Trinajstić information content (AvgIpc) is 3.13. The van der Waals surface area contributed by atoms with Gasteiger partial charge in [-0.05, 0) is 31.6 Å². The van der Waals surface area contributed by atoms with Gasteiger partial charge in [0.05, 0.1) is 5.69 Å². The zero-order valence-corrected chi connectivity index (χ0v) is 11.7. The van der Waals surface area contributed by atoms with Crippen molar-refractivity contribution >= 4 is 5.82 Å². The fourth-order valence-electron chi connectivity index (χ4n) is 3.49. The van der Waals surface area contributed by atoms with Crippen LogP contribution in [-0.2, 0) is 6.42 Å². The van der Waals surface area contributed by atoms with Gasteiger partial charge < -0.3 is 10.3 Å². The average molecular weight is 247 g/mol. The second-order valence-corrected chi connectivity index (χ2v) is 6.22. The van der Waals surface area contributed by atoms with Crippen molar-refractivity contribution in [2.45, 2.75) is 70.8 Å². The summed E-state index contributed by atoms with van der Waals surface area (Å²) in [7, 11) is 0. The predicted octanol–water partition coefficient (Wildman–Crippen LogP) is 3.66. The number of aromatic nitrogens is 2. The maximum absolute atomic E-state index is 6.40. The number of nitrogen functional groups attached to an aromatic ring is 1. The largest absolute Gasteiger partial charge is 0.384 e. The van der Waals surface area contributed by atoms with E-state index in [4.69, 9.17) is 10.7 Å². The van der Waals surface area contributed by atoms with Gasteiger partial charge >= 0.3 is 0 Å². The maximum atomic E-state index is 6.40. The summed E-state index contributed by atoms with van der Waals surface area (Å²) in [6.07, 6.45) is 8.84. The summed E-state index contributed by atoms with van der Waals surface area (Å²) in [6, 6.07) is 0.655. The number of anilines is 1. The molecule has 2 aliphatic carbocycles. The zero-order chi connectivity index (χ0) is 12.7. The summed E-state index contributed by atoms with van der Waals surface area (Å²) in [6.45, 7) is 4.55. The Balaban J connectivity index is 1.91. The zero-order valence-electron chi connectivity index (χ0n) is 11.7. The molecule has 2 N–H and O–H groups in total. The first-order chi connectivity index (χ1) is 8.70. The molecule has 1 aromatic rings. The molecule has 2 atom stereocenters. The molecule has 2 saturated carbocycles. The van der Waals surface area contributed by atoms with Crippen LogP contribution in [0.5, 0.6) is 0 Å². The second-order valence-electron chi connectivity index (χ2n) is 6.22. The van der Waals surface area contributed by atoms with Crippen molar-refractivity contribution in [2.24, 2.45) is 5.92 Å². The van der Waals surface area contributed by atoms with Gasteiger partial charge in [0, 0.05) is 18.4 Å². The minimum Gasteiger partial charge on any atom is -0.384 e. The number of rotatable bonds is 3. The number of nitrogens with zero attached hydrogens (tertiary/aromatic N) is 2. The molecule has 2 aliphatic rings. The van der Waals surface area contributed by atoms with Gasteiger partial charge in [-0.15, -0.1) is 0 Å². The highest BCUT2D eigenvalue weighted by Gasteiger charge is 2.32. The van der Waals surface area contributed by atoms with E-state index in [2.05, 4.69) is 18.4 Å². The Hall–Kier alpha value is -0.990. The van der Waals surface area contributed by atoms with Gasteiger partial charge in [0.25, 0.3) is 0 Å². The molecule has 1 heterocycles. The summed E-state index contributed by atoms with van der Waals surface area (Å²) in [5.41, 5.74) is 7.61. The molecule has 100 valence electrons. The first-order valence-electron chi connectivity index (χ1n) is 7.57. The van der Waals surface area contributed by atoms with Crippen LogP contribution >= 0.6 is 0 Å². The van der Waals surface area contributed by atoms with E-state index in [1.165, 1.54) is 50.0 Å². The van der Waals surface area contributed by atoms with Crippen molar-refractivity contribution in [3.05, 3.63) is 11.5 Å². The molecule has 0 spiro atoms. The lowest BCUT2D eigenvalue weighted by Crippen LogP contribution is -2.14. The summed E-state index contributed by atoms with van der Waals surface area (Å²) in [4.78, 5) is 4.89. The quantitative estimate of drug-likeness (QED) is 0.886. The van der Waals surface area contributed by atoms with Gasteiger partial charge in [0.2, 0.25) is 0 Å². The molecule has 0 saturated heterocycles. The van der Waals surface area contributed by atoms with Gasteiger partial charge in [-0.1, -0.05) is 26.7 Å². The molecule has 2 unspecified atom stereocenters. The van der Waals surface area contributed by atoms with Crippen LogP contribution in [-0.4, -0.2) is 9.55 Å². The molecule has 3 heteroatoms. The topological polar surface area (TPSA) is 43.8 Å². The van der Waals surface area contributed by atoms with E-state index in [0.717, 1.165) is 18.2 Å². The third kappa shape index (κ3) is 2.04. The Morgan fingerprint density at radius 2 is 2.06 bits per heavy atom. The molecule has 0 radical (unpaired) electrons. The molecule has 1 aromatic heterocycles. The number of nitrogens with two attached hydrogens (primary N) is 1. The van der Waals surface area contributed by atoms with Crippen molar-refractivity contribution in [1.82, 2.24) is 9.55 Å². The fourth-order valence-corrected chi connectivity index (χ4v) is 3.49. The molecule has 3 nitrogen and oxygen atoms in total. The number of aryl methyl sites for hydroxylation is 1. The summed E-state index contributed by atoms with van der Waals surface area (Å²) in [5.74, 6) is 3.63. The Morgan fingerprint density at radius 3 is 2.67 bits per heavy atom. The van der Waals surface area contributed by atoms with Crippen molar-refractivity contribution in [3.63, 3.8) is 0 Å². The molecule has 0 bridgehead atoms. The Kier molecular flexibility index (Phi) is 3.08. The first-order valence-corrected chi connectivity index (χ1v) is 7.57. The highest BCUT2D eigenvalue weighted by atomic mass is 15.2. The molecular weight excluding hydrogens is 222 g/mol. The maximum Gasteiger partial charge on any atom is 0.127 e. The van der Waals surface area contributed by atoms with Crippen LogP contribution in [0.25, 0.3) is 0 Å². The van der Waals surface area contributed by atoms with E-state index in [-0.39, 0.29) is 0 Å². The SMILES string of the molecule is CCc1nc(C2CCCC(C)C2)c(N)n1C1CC1. The summed E-state index contributed by atoms with van der Waals surface area (Å²) < 4.78 is 2.33. The highest BCUT2D eigenvalue weighted by Crippen LogP contribution is 2.43. The smallest absolute Gasteiger partial charge is 0.127 e. The molecule has 18 heavy (non-hydrogen) atoms. The van der Waals surface area contributed by atoms with Crippen molar-refractivity contribution in [1.29, 1.82) is 0 Å². The van der Waals surface area contributed by atoms with Crippen LogP contribution in [0, 0.1) is 5.92 Å². The minimum atomic E-state index is 0.610. The normalized spacial score (nSPS) is 28.6. The standard InChI is InChI=1S/C15H25N3/c1-3-13-17-14(11-6-4-5-10(2)9-11)15(16)18(13)12-7-8-12/h10-12H,3-9,16H2,1-2H3. The van der Waals surface area contributed by atoms with Crippen LogP contribution in [0.2, 0.25) is 0 Å². The number of hydrogen-bond donors (Lipinski definition) is 1. The summed E-state index contributed by atoms with van der Waals surface area (Å²) in [5, 5.41) is 0. The van der Waals surface area contributed by atoms with Gasteiger partial charge in [-0.3, -0.25) is 0 Å². The first kappa shape index (κ1) is 12.1. The molecule has 0 aliphatic heterocycles. The lowest BCUT2D eigenvalue weighted by molar-refractivity contribution is 0.341. The van der Waals surface area contributed by atoms with E-state index >= 15 is 0 Å². The second kappa shape index (κ2) is 4.60. The van der Waals surface area contributed by atoms with E-state index < -0.39 is 0 Å². The van der Waals surface area contributed by atoms with Crippen molar-refractivity contribution in [2.75, 3.05) is 5.73 Å². The van der Waals surface area contributed by atoms with Gasteiger partial charge in [0.1, 0.15) is 11.6 Å². The Labute approximate surface area is 110 Å². The van der Waals surface area contributed by atoms with Gasteiger partial charge in [0.15, 0.2) is 0 Å². The van der Waals surface area contributed by atoms with Crippen LogP contribution < -0.4 is 5.73 Å². The van der Waals surface area contributed by atoms with E-state index in [9.17, 15) is 0 Å². The predicted molar refractivity (Wildman–Crippen MR) is 74.7 cm³/mol. The molecule has 0 amide bonds. The van der Waals surface area contributed by atoms with E-state index in [0.29, 0.717) is 12.0 Å². The van der Waals surface area contributed by atoms with Gasteiger partial charge in [-0.25, -0.2) is 4.98 Å². The van der Waals surface area contributed by atoms with Crippen molar-refractivity contribution < 1.29 is 0 Å². The molecule has 0 aromatic carbocycles.